The second kappa shape index (κ2) is 9.26. The molecule has 0 aromatic heterocycles. The lowest BCUT2D eigenvalue weighted by molar-refractivity contribution is -0.133. The summed E-state index contributed by atoms with van der Waals surface area (Å²) in [5.74, 6) is 1.31. The zero-order chi connectivity index (χ0) is 19.9. The van der Waals surface area contributed by atoms with Gasteiger partial charge in [0.25, 0.3) is 0 Å². The molecule has 0 bridgehead atoms. The Bertz CT molecular complexity index is 872. The van der Waals surface area contributed by atoms with E-state index in [1.165, 1.54) is 0 Å². The number of benzene rings is 3. The normalized spacial score (nSPS) is 16.1. The molecule has 29 heavy (non-hydrogen) atoms. The topological polar surface area (TPSA) is 56.8 Å². The number of ether oxygens (including phenoxy) is 3. The second-order valence-corrected chi connectivity index (χ2v) is 6.89. The predicted octanol–water partition coefficient (Wildman–Crippen LogP) is 4.03. The zero-order valence-electron chi connectivity index (χ0n) is 16.0. The van der Waals surface area contributed by atoms with Crippen molar-refractivity contribution in [3.8, 4) is 11.5 Å². The first-order valence-electron chi connectivity index (χ1n) is 9.63. The molecule has 5 heteroatoms. The van der Waals surface area contributed by atoms with Crippen molar-refractivity contribution < 1.29 is 19.0 Å². The van der Waals surface area contributed by atoms with Gasteiger partial charge in [-0.05, 0) is 28.8 Å². The summed E-state index contributed by atoms with van der Waals surface area (Å²) >= 11 is 0. The van der Waals surface area contributed by atoms with Crippen molar-refractivity contribution in [1.82, 2.24) is 5.32 Å². The van der Waals surface area contributed by atoms with Crippen LogP contribution in [0.1, 0.15) is 22.8 Å². The summed E-state index contributed by atoms with van der Waals surface area (Å²) in [5, 5.41) is 2.84. The van der Waals surface area contributed by atoms with Crippen LogP contribution < -0.4 is 14.8 Å². The van der Waals surface area contributed by atoms with Crippen molar-refractivity contribution >= 4 is 5.91 Å². The number of carbonyl (C=O) groups excluding carboxylic acids is 1. The van der Waals surface area contributed by atoms with Gasteiger partial charge in [-0.15, -0.1) is 0 Å². The molecule has 4 rings (SSSR count). The largest absolute Gasteiger partial charge is 0.489 e. The third kappa shape index (κ3) is 5.36. The van der Waals surface area contributed by atoms with Gasteiger partial charge >= 0.3 is 0 Å². The van der Waals surface area contributed by atoms with E-state index in [9.17, 15) is 4.79 Å². The summed E-state index contributed by atoms with van der Waals surface area (Å²) in [7, 11) is 0. The molecule has 0 saturated carbocycles. The van der Waals surface area contributed by atoms with E-state index in [4.69, 9.17) is 14.2 Å². The molecule has 1 unspecified atom stereocenters. The van der Waals surface area contributed by atoms with E-state index in [2.05, 4.69) is 5.32 Å². The number of amides is 1. The molecular weight excluding hydrogens is 366 g/mol. The molecule has 1 atom stereocenters. The van der Waals surface area contributed by atoms with Gasteiger partial charge in [0, 0.05) is 12.6 Å². The molecule has 0 radical (unpaired) electrons. The van der Waals surface area contributed by atoms with Crippen LogP contribution in [0.2, 0.25) is 0 Å². The van der Waals surface area contributed by atoms with Crippen molar-refractivity contribution in [2.24, 2.45) is 0 Å². The average molecular weight is 389 g/mol. The monoisotopic (exact) mass is 389 g/mol. The minimum atomic E-state index is -0.230. The summed E-state index contributed by atoms with van der Waals surface area (Å²) in [4.78, 5) is 11.4. The molecule has 1 aliphatic heterocycles. The Labute approximate surface area is 170 Å². The number of hydrogen-bond acceptors (Lipinski definition) is 4. The molecule has 148 valence electrons. The quantitative estimate of drug-likeness (QED) is 0.663. The number of carbonyl (C=O) groups is 1. The fraction of sp³-hybridized carbons (Fsp3) is 0.208. The number of hydrogen-bond donors (Lipinski definition) is 1. The van der Waals surface area contributed by atoms with Crippen molar-refractivity contribution in [3.05, 3.63) is 95.6 Å². The molecule has 3 aromatic carbocycles. The van der Waals surface area contributed by atoms with Crippen molar-refractivity contribution in [3.63, 3.8) is 0 Å². The van der Waals surface area contributed by atoms with Crippen LogP contribution in [-0.2, 0) is 22.7 Å². The summed E-state index contributed by atoms with van der Waals surface area (Å²) in [6, 6.07) is 25.8. The Balaban J connectivity index is 1.52. The van der Waals surface area contributed by atoms with Crippen LogP contribution >= 0.6 is 0 Å². The van der Waals surface area contributed by atoms with Gasteiger partial charge < -0.3 is 19.5 Å². The zero-order valence-corrected chi connectivity index (χ0v) is 16.0. The van der Waals surface area contributed by atoms with Gasteiger partial charge in [0.05, 0.1) is 0 Å². The van der Waals surface area contributed by atoms with E-state index in [1.807, 2.05) is 78.9 Å². The van der Waals surface area contributed by atoms with E-state index < -0.39 is 0 Å². The van der Waals surface area contributed by atoms with Crippen LogP contribution in [0.3, 0.4) is 0 Å². The molecule has 1 fully saturated rings. The SMILES string of the molecule is O=C1COC(c2cc(OCc3ccccc3)cc(OCc3ccccc3)c2)CN1. The Hall–Kier alpha value is -3.31. The lowest BCUT2D eigenvalue weighted by Gasteiger charge is -2.24. The fourth-order valence-electron chi connectivity index (χ4n) is 3.13. The summed E-state index contributed by atoms with van der Waals surface area (Å²) < 4.78 is 17.7. The Morgan fingerprint density at radius 2 is 1.38 bits per heavy atom. The van der Waals surface area contributed by atoms with Crippen LogP contribution in [0.25, 0.3) is 0 Å². The highest BCUT2D eigenvalue weighted by Gasteiger charge is 2.21. The molecule has 0 aliphatic carbocycles. The summed E-state index contributed by atoms with van der Waals surface area (Å²) in [6.45, 7) is 1.41. The number of morpholine rings is 1. The van der Waals surface area contributed by atoms with Gasteiger partial charge in [-0.25, -0.2) is 0 Å². The van der Waals surface area contributed by atoms with Gasteiger partial charge in [0.1, 0.15) is 37.4 Å². The maximum Gasteiger partial charge on any atom is 0.246 e. The highest BCUT2D eigenvalue weighted by molar-refractivity contribution is 5.77. The van der Waals surface area contributed by atoms with Crippen molar-refractivity contribution in [1.29, 1.82) is 0 Å². The Morgan fingerprint density at radius 3 is 1.86 bits per heavy atom. The maximum atomic E-state index is 11.4. The summed E-state index contributed by atoms with van der Waals surface area (Å²) in [5.41, 5.74) is 3.09. The van der Waals surface area contributed by atoms with E-state index in [1.54, 1.807) is 0 Å². The second-order valence-electron chi connectivity index (χ2n) is 6.89. The molecule has 5 nitrogen and oxygen atoms in total. The first-order chi connectivity index (χ1) is 14.3. The first kappa shape index (κ1) is 19.0. The van der Waals surface area contributed by atoms with Crippen LogP contribution in [0.15, 0.2) is 78.9 Å². The molecule has 1 N–H and O–H groups in total. The van der Waals surface area contributed by atoms with E-state index in [0.717, 1.165) is 16.7 Å². The van der Waals surface area contributed by atoms with Gasteiger partial charge in [-0.3, -0.25) is 4.79 Å². The van der Waals surface area contributed by atoms with Crippen LogP contribution in [0.4, 0.5) is 0 Å². The molecule has 1 amide bonds. The fourth-order valence-corrected chi connectivity index (χ4v) is 3.13. The minimum Gasteiger partial charge on any atom is -0.489 e. The number of nitrogens with one attached hydrogen (secondary N) is 1. The lowest BCUT2D eigenvalue weighted by Crippen LogP contribution is -2.38. The third-order valence-corrected chi connectivity index (χ3v) is 4.67. The van der Waals surface area contributed by atoms with Crippen molar-refractivity contribution in [2.75, 3.05) is 13.2 Å². The van der Waals surface area contributed by atoms with Crippen LogP contribution in [0, 0.1) is 0 Å². The molecule has 1 aliphatic rings. The molecule has 1 saturated heterocycles. The summed E-state index contributed by atoms with van der Waals surface area (Å²) in [6.07, 6.45) is -0.230. The molecule has 0 spiro atoms. The average Bonchev–Trinajstić information content (AvgIpc) is 2.78. The first-order valence-corrected chi connectivity index (χ1v) is 9.63. The highest BCUT2D eigenvalue weighted by atomic mass is 16.5. The van der Waals surface area contributed by atoms with Crippen LogP contribution in [0.5, 0.6) is 11.5 Å². The standard InChI is InChI=1S/C24H23NO4/c26-24-17-29-23(14-25-24)20-11-21(27-15-18-7-3-1-4-8-18)13-22(12-20)28-16-19-9-5-2-6-10-19/h1-13,23H,14-17H2,(H,25,26). The highest BCUT2D eigenvalue weighted by Crippen LogP contribution is 2.30. The Kier molecular flexibility index (Phi) is 6.07. The van der Waals surface area contributed by atoms with Crippen molar-refractivity contribution in [2.45, 2.75) is 19.3 Å². The minimum absolute atomic E-state index is 0.0555. The predicted molar refractivity (Wildman–Crippen MR) is 110 cm³/mol. The molecule has 1 heterocycles. The maximum absolute atomic E-state index is 11.4. The third-order valence-electron chi connectivity index (χ3n) is 4.67. The Morgan fingerprint density at radius 1 is 0.828 bits per heavy atom. The van der Waals surface area contributed by atoms with E-state index in [0.29, 0.717) is 31.3 Å². The van der Waals surface area contributed by atoms with E-state index >= 15 is 0 Å². The smallest absolute Gasteiger partial charge is 0.246 e. The van der Waals surface area contributed by atoms with Gasteiger partial charge in [-0.1, -0.05) is 60.7 Å². The molecule has 3 aromatic rings. The van der Waals surface area contributed by atoms with Gasteiger partial charge in [0.15, 0.2) is 0 Å². The van der Waals surface area contributed by atoms with Gasteiger partial charge in [0.2, 0.25) is 5.91 Å². The number of rotatable bonds is 7. The lowest BCUT2D eigenvalue weighted by atomic mass is 10.1. The van der Waals surface area contributed by atoms with Gasteiger partial charge in [-0.2, -0.15) is 0 Å². The molecular formula is C24H23NO4. The van der Waals surface area contributed by atoms with Crippen LogP contribution in [-0.4, -0.2) is 19.1 Å². The van der Waals surface area contributed by atoms with E-state index in [-0.39, 0.29) is 18.6 Å².